The lowest BCUT2D eigenvalue weighted by Crippen LogP contribution is -2.46. The van der Waals surface area contributed by atoms with Gasteiger partial charge in [0.05, 0.1) is 21.3 Å². The third kappa shape index (κ3) is 4.67. The van der Waals surface area contributed by atoms with Crippen molar-refractivity contribution in [2.75, 3.05) is 41.0 Å². The van der Waals surface area contributed by atoms with Gasteiger partial charge in [0, 0.05) is 43.2 Å². The van der Waals surface area contributed by atoms with Crippen LogP contribution in [0.15, 0.2) is 30.3 Å². The normalized spacial score (nSPS) is 23.8. The lowest BCUT2D eigenvalue weighted by Gasteiger charge is -2.37. The van der Waals surface area contributed by atoms with Crippen LogP contribution in [0.25, 0.3) is 0 Å². The van der Waals surface area contributed by atoms with Gasteiger partial charge in [0.25, 0.3) is 0 Å². The van der Waals surface area contributed by atoms with E-state index in [4.69, 9.17) is 14.2 Å². The quantitative estimate of drug-likeness (QED) is 0.678. The third-order valence-corrected chi connectivity index (χ3v) is 6.63. The Balaban J connectivity index is 1.49. The van der Waals surface area contributed by atoms with Crippen LogP contribution in [0, 0.1) is 17.6 Å². The number of nitrogens with one attached hydrogen (secondary N) is 2. The molecule has 0 spiro atoms. The van der Waals surface area contributed by atoms with Gasteiger partial charge in [-0.05, 0) is 49.1 Å². The van der Waals surface area contributed by atoms with Crippen LogP contribution in [0.1, 0.15) is 29.9 Å². The van der Waals surface area contributed by atoms with Gasteiger partial charge in [0.2, 0.25) is 0 Å². The molecule has 0 amide bonds. The highest BCUT2D eigenvalue weighted by Crippen LogP contribution is 2.37. The van der Waals surface area contributed by atoms with Crippen molar-refractivity contribution in [2.24, 2.45) is 5.92 Å². The molecule has 0 bridgehead atoms. The Labute approximate surface area is 187 Å². The fourth-order valence-electron chi connectivity index (χ4n) is 5.01. The van der Waals surface area contributed by atoms with E-state index < -0.39 is 11.6 Å². The number of methoxy groups -OCH3 is 3. The lowest BCUT2D eigenvalue weighted by molar-refractivity contribution is 0.138. The minimum atomic E-state index is -0.808. The molecule has 2 N–H and O–H groups in total. The average Bonchev–Trinajstić information content (AvgIpc) is 3.31. The molecule has 2 aromatic carbocycles. The third-order valence-electron chi connectivity index (χ3n) is 6.63. The van der Waals surface area contributed by atoms with Crippen molar-refractivity contribution >= 4 is 0 Å². The zero-order valence-corrected chi connectivity index (χ0v) is 18.8. The largest absolute Gasteiger partial charge is 0.496 e. The van der Waals surface area contributed by atoms with Gasteiger partial charge in [0.1, 0.15) is 5.75 Å². The second-order valence-corrected chi connectivity index (χ2v) is 8.49. The van der Waals surface area contributed by atoms with Gasteiger partial charge < -0.3 is 14.2 Å². The first kappa shape index (κ1) is 22.8. The molecule has 8 heteroatoms. The first-order valence-corrected chi connectivity index (χ1v) is 11.0. The first-order valence-electron chi connectivity index (χ1n) is 11.0. The van der Waals surface area contributed by atoms with Crippen molar-refractivity contribution in [3.63, 3.8) is 0 Å². The average molecular weight is 448 g/mol. The zero-order valence-electron chi connectivity index (χ0n) is 18.8. The predicted molar refractivity (Wildman–Crippen MR) is 118 cm³/mol. The van der Waals surface area contributed by atoms with E-state index in [9.17, 15) is 8.78 Å². The Morgan fingerprint density at radius 3 is 2.44 bits per heavy atom. The maximum absolute atomic E-state index is 13.8. The van der Waals surface area contributed by atoms with Crippen molar-refractivity contribution < 1.29 is 23.0 Å². The van der Waals surface area contributed by atoms with E-state index in [-0.39, 0.29) is 12.0 Å². The molecule has 0 saturated carbocycles. The number of hydrazine groups is 1. The molecule has 2 aromatic rings. The Morgan fingerprint density at radius 1 is 0.969 bits per heavy atom. The SMILES string of the molecule is COc1cc(OC)c(OC)cc1CN1CCCC(C2NNCC2c2ccc(F)c(F)c2)C1. The van der Waals surface area contributed by atoms with Crippen LogP contribution in [-0.4, -0.2) is 51.9 Å². The molecule has 2 saturated heterocycles. The van der Waals surface area contributed by atoms with Crippen molar-refractivity contribution in [1.82, 2.24) is 15.8 Å². The topological polar surface area (TPSA) is 55.0 Å². The number of nitrogens with zero attached hydrogens (tertiary/aromatic N) is 1. The molecule has 174 valence electrons. The second-order valence-electron chi connectivity index (χ2n) is 8.49. The maximum Gasteiger partial charge on any atom is 0.164 e. The summed E-state index contributed by atoms with van der Waals surface area (Å²) in [7, 11) is 4.89. The molecule has 0 radical (unpaired) electrons. The fourth-order valence-corrected chi connectivity index (χ4v) is 5.01. The monoisotopic (exact) mass is 447 g/mol. The highest BCUT2D eigenvalue weighted by atomic mass is 19.2. The van der Waals surface area contributed by atoms with Gasteiger partial charge in [-0.15, -0.1) is 0 Å². The summed E-state index contributed by atoms with van der Waals surface area (Å²) < 4.78 is 43.7. The number of piperidine rings is 1. The van der Waals surface area contributed by atoms with Gasteiger partial charge in [-0.2, -0.15) is 0 Å². The van der Waals surface area contributed by atoms with Crippen LogP contribution in [0.4, 0.5) is 8.78 Å². The highest BCUT2D eigenvalue weighted by molar-refractivity contribution is 5.50. The van der Waals surface area contributed by atoms with E-state index in [0.717, 1.165) is 49.4 Å². The van der Waals surface area contributed by atoms with Crippen LogP contribution in [0.5, 0.6) is 17.2 Å². The molecule has 0 aliphatic carbocycles. The van der Waals surface area contributed by atoms with Crippen molar-refractivity contribution in [3.8, 4) is 17.2 Å². The van der Waals surface area contributed by atoms with Crippen molar-refractivity contribution in [2.45, 2.75) is 31.3 Å². The molecule has 32 heavy (non-hydrogen) atoms. The first-order chi connectivity index (χ1) is 15.5. The minimum absolute atomic E-state index is 0.0886. The van der Waals surface area contributed by atoms with E-state index >= 15 is 0 Å². The summed E-state index contributed by atoms with van der Waals surface area (Å²) in [5.41, 5.74) is 8.49. The predicted octanol–water partition coefficient (Wildman–Crippen LogP) is 3.46. The van der Waals surface area contributed by atoms with E-state index in [2.05, 4.69) is 15.8 Å². The van der Waals surface area contributed by atoms with E-state index in [0.29, 0.717) is 24.0 Å². The van der Waals surface area contributed by atoms with Gasteiger partial charge in [-0.1, -0.05) is 6.07 Å². The molecule has 2 aliphatic rings. The molecule has 2 heterocycles. The molecule has 3 atom stereocenters. The number of halogens is 2. The standard InChI is InChI=1S/C24H31F2N3O3/c1-30-21-11-23(32-3)22(31-2)10-17(21)14-29-8-4-5-16(13-29)24-18(12-27-28-24)15-6-7-19(25)20(26)9-15/h6-7,9-11,16,18,24,27-28H,4-5,8,12-14H2,1-3H3. The zero-order chi connectivity index (χ0) is 22.7. The van der Waals surface area contributed by atoms with Crippen molar-refractivity contribution in [3.05, 3.63) is 53.1 Å². The molecule has 6 nitrogen and oxygen atoms in total. The van der Waals surface area contributed by atoms with Crippen LogP contribution in [-0.2, 0) is 6.54 Å². The highest BCUT2D eigenvalue weighted by Gasteiger charge is 2.37. The van der Waals surface area contributed by atoms with E-state index in [1.807, 2.05) is 12.1 Å². The molecular weight excluding hydrogens is 416 g/mol. The Kier molecular flexibility index (Phi) is 7.13. The molecule has 2 fully saturated rings. The number of likely N-dealkylation sites (tertiary alicyclic amines) is 1. The second kappa shape index (κ2) is 10.0. The molecule has 2 aliphatic heterocycles. The van der Waals surface area contributed by atoms with E-state index in [1.54, 1.807) is 27.4 Å². The maximum atomic E-state index is 13.8. The summed E-state index contributed by atoms with van der Waals surface area (Å²) in [4.78, 5) is 2.42. The van der Waals surface area contributed by atoms with Gasteiger partial charge in [-0.25, -0.2) is 8.78 Å². The fraction of sp³-hybridized carbons (Fsp3) is 0.500. The Hall–Kier alpha value is -2.42. The smallest absolute Gasteiger partial charge is 0.164 e. The summed E-state index contributed by atoms with van der Waals surface area (Å²) >= 11 is 0. The van der Waals surface area contributed by atoms with E-state index in [1.165, 1.54) is 12.1 Å². The molecule has 3 unspecified atom stereocenters. The number of hydrogen-bond acceptors (Lipinski definition) is 6. The van der Waals surface area contributed by atoms with Crippen molar-refractivity contribution in [1.29, 1.82) is 0 Å². The Morgan fingerprint density at radius 2 is 1.72 bits per heavy atom. The van der Waals surface area contributed by atoms with Crippen LogP contribution < -0.4 is 25.1 Å². The number of ether oxygens (including phenoxy) is 3. The van der Waals surface area contributed by atoms with Gasteiger partial charge in [0.15, 0.2) is 23.1 Å². The summed E-state index contributed by atoms with van der Waals surface area (Å²) in [6.07, 6.45) is 2.15. The Bertz CT molecular complexity index is 943. The van der Waals surface area contributed by atoms with Crippen LogP contribution in [0.3, 0.4) is 0 Å². The van der Waals surface area contributed by atoms with Crippen LogP contribution >= 0.6 is 0 Å². The number of hydrogen-bond donors (Lipinski definition) is 2. The molecule has 0 aromatic heterocycles. The summed E-state index contributed by atoms with van der Waals surface area (Å²) in [5.74, 6) is 0.951. The summed E-state index contributed by atoms with van der Waals surface area (Å²) in [6.45, 7) is 3.31. The lowest BCUT2D eigenvalue weighted by atomic mass is 9.81. The molecule has 4 rings (SSSR count). The number of benzene rings is 2. The van der Waals surface area contributed by atoms with Gasteiger partial charge >= 0.3 is 0 Å². The van der Waals surface area contributed by atoms with Gasteiger partial charge in [-0.3, -0.25) is 15.8 Å². The summed E-state index contributed by atoms with van der Waals surface area (Å²) in [6, 6.07) is 8.22. The number of rotatable bonds is 7. The summed E-state index contributed by atoms with van der Waals surface area (Å²) in [5, 5.41) is 0. The molecular formula is C24H31F2N3O3. The minimum Gasteiger partial charge on any atom is -0.496 e. The van der Waals surface area contributed by atoms with Crippen LogP contribution in [0.2, 0.25) is 0 Å².